The Labute approximate surface area is 139 Å². The van der Waals surface area contributed by atoms with Gasteiger partial charge in [0.2, 0.25) is 0 Å². The van der Waals surface area contributed by atoms with E-state index in [1.165, 1.54) is 16.8 Å². The fourth-order valence-electron chi connectivity index (χ4n) is 2.55. The molecule has 0 atom stereocenters. The first-order valence-electron chi connectivity index (χ1n) is 7.96. The van der Waals surface area contributed by atoms with Crippen molar-refractivity contribution in [2.24, 2.45) is 10.7 Å². The van der Waals surface area contributed by atoms with Crippen LogP contribution < -0.4 is 16.0 Å². The van der Waals surface area contributed by atoms with Crippen LogP contribution in [0.2, 0.25) is 0 Å². The fraction of sp³-hybridized carbons (Fsp3) is 0.316. The Morgan fingerprint density at radius 3 is 2.39 bits per heavy atom. The van der Waals surface area contributed by atoms with Crippen molar-refractivity contribution in [2.45, 2.75) is 20.3 Å². The Bertz CT molecular complexity index is 629. The maximum absolute atomic E-state index is 5.96. The largest absolute Gasteiger partial charge is 0.375 e. The number of nitrogens with zero attached hydrogens (tertiary/aromatic N) is 2. The van der Waals surface area contributed by atoms with Gasteiger partial charge in [-0.25, -0.2) is 0 Å². The van der Waals surface area contributed by atoms with E-state index in [0.717, 1.165) is 18.7 Å². The second-order valence-electron chi connectivity index (χ2n) is 5.88. The minimum Gasteiger partial charge on any atom is -0.375 e. The van der Waals surface area contributed by atoms with Gasteiger partial charge >= 0.3 is 0 Å². The van der Waals surface area contributed by atoms with Gasteiger partial charge in [0.25, 0.3) is 0 Å². The smallest absolute Gasteiger partial charge is 0.193 e. The van der Waals surface area contributed by atoms with Crippen molar-refractivity contribution < 1.29 is 0 Å². The van der Waals surface area contributed by atoms with Crippen molar-refractivity contribution in [1.29, 1.82) is 0 Å². The van der Waals surface area contributed by atoms with Crippen molar-refractivity contribution in [1.82, 2.24) is 0 Å². The minimum absolute atomic E-state index is 0.470. The van der Waals surface area contributed by atoms with Gasteiger partial charge in [-0.05, 0) is 55.7 Å². The summed E-state index contributed by atoms with van der Waals surface area (Å²) in [6.45, 7) is 5.81. The first-order chi connectivity index (χ1) is 11.0. The molecule has 2 rings (SSSR count). The second kappa shape index (κ2) is 8.22. The molecule has 23 heavy (non-hydrogen) atoms. The average Bonchev–Trinajstić information content (AvgIpc) is 2.51. The van der Waals surface area contributed by atoms with E-state index in [4.69, 9.17) is 5.73 Å². The van der Waals surface area contributed by atoms with Crippen molar-refractivity contribution in [2.75, 3.05) is 30.4 Å². The molecule has 0 radical (unpaired) electrons. The number of nitrogens with one attached hydrogen (secondary N) is 1. The fourth-order valence-corrected chi connectivity index (χ4v) is 2.55. The quantitative estimate of drug-likeness (QED) is 0.487. The van der Waals surface area contributed by atoms with Gasteiger partial charge in [-0.1, -0.05) is 24.3 Å². The minimum atomic E-state index is 0.470. The van der Waals surface area contributed by atoms with Crippen LogP contribution in [0.15, 0.2) is 53.5 Å². The van der Waals surface area contributed by atoms with E-state index >= 15 is 0 Å². The lowest BCUT2D eigenvalue weighted by molar-refractivity contribution is 0.795. The molecule has 0 spiro atoms. The zero-order chi connectivity index (χ0) is 16.7. The predicted octanol–water partition coefficient (Wildman–Crippen LogP) is 3.56. The van der Waals surface area contributed by atoms with Gasteiger partial charge < -0.3 is 16.0 Å². The number of rotatable bonds is 6. The van der Waals surface area contributed by atoms with E-state index in [2.05, 4.69) is 78.6 Å². The SMILES string of the molecule is Cc1cc(C)cc(NC(N)=NCCCN(C)c2ccccc2)c1. The first kappa shape index (κ1) is 16.9. The van der Waals surface area contributed by atoms with Crippen LogP contribution in [0.5, 0.6) is 0 Å². The molecule has 0 amide bonds. The third-order valence-electron chi connectivity index (χ3n) is 3.62. The molecule has 4 nitrogen and oxygen atoms in total. The van der Waals surface area contributed by atoms with Crippen LogP contribution in [0.3, 0.4) is 0 Å². The van der Waals surface area contributed by atoms with E-state index in [9.17, 15) is 0 Å². The second-order valence-corrected chi connectivity index (χ2v) is 5.88. The maximum Gasteiger partial charge on any atom is 0.193 e. The summed E-state index contributed by atoms with van der Waals surface area (Å²) in [6.07, 6.45) is 0.959. The number of benzene rings is 2. The van der Waals surface area contributed by atoms with E-state index in [-0.39, 0.29) is 0 Å². The van der Waals surface area contributed by atoms with Crippen LogP contribution >= 0.6 is 0 Å². The number of aryl methyl sites for hydroxylation is 2. The Morgan fingerprint density at radius 2 is 1.74 bits per heavy atom. The number of para-hydroxylation sites is 1. The summed E-state index contributed by atoms with van der Waals surface area (Å²) >= 11 is 0. The molecule has 3 N–H and O–H groups in total. The van der Waals surface area contributed by atoms with Crippen LogP contribution in [0.4, 0.5) is 11.4 Å². The zero-order valence-electron chi connectivity index (χ0n) is 14.2. The van der Waals surface area contributed by atoms with Gasteiger partial charge in [-0.15, -0.1) is 0 Å². The monoisotopic (exact) mass is 310 g/mol. The highest BCUT2D eigenvalue weighted by atomic mass is 15.1. The van der Waals surface area contributed by atoms with E-state index in [0.29, 0.717) is 12.5 Å². The third-order valence-corrected chi connectivity index (χ3v) is 3.62. The maximum atomic E-state index is 5.96. The molecule has 0 aliphatic rings. The van der Waals surface area contributed by atoms with E-state index in [1.807, 2.05) is 6.07 Å². The van der Waals surface area contributed by atoms with Crippen molar-refractivity contribution in [3.8, 4) is 0 Å². The molecule has 4 heteroatoms. The zero-order valence-corrected chi connectivity index (χ0v) is 14.2. The Morgan fingerprint density at radius 1 is 1.09 bits per heavy atom. The van der Waals surface area contributed by atoms with Gasteiger partial charge in [0, 0.05) is 31.5 Å². The van der Waals surface area contributed by atoms with Crippen molar-refractivity contribution in [3.63, 3.8) is 0 Å². The number of guanidine groups is 1. The molecule has 0 fully saturated rings. The van der Waals surface area contributed by atoms with Gasteiger partial charge in [0.15, 0.2) is 5.96 Å². The molecule has 0 saturated carbocycles. The molecule has 0 heterocycles. The lowest BCUT2D eigenvalue weighted by Gasteiger charge is -2.18. The van der Waals surface area contributed by atoms with Gasteiger partial charge in [-0.3, -0.25) is 4.99 Å². The summed E-state index contributed by atoms with van der Waals surface area (Å²) in [4.78, 5) is 6.63. The topological polar surface area (TPSA) is 53.6 Å². The molecule has 122 valence electrons. The van der Waals surface area contributed by atoms with Crippen LogP contribution in [0, 0.1) is 13.8 Å². The number of anilines is 2. The molecule has 2 aromatic rings. The van der Waals surface area contributed by atoms with E-state index < -0.39 is 0 Å². The molecule has 2 aromatic carbocycles. The lowest BCUT2D eigenvalue weighted by Crippen LogP contribution is -2.24. The summed E-state index contributed by atoms with van der Waals surface area (Å²) in [5.41, 5.74) is 10.6. The molecule has 0 bridgehead atoms. The summed E-state index contributed by atoms with van der Waals surface area (Å²) < 4.78 is 0. The molecule has 0 unspecified atom stereocenters. The average molecular weight is 310 g/mol. The normalized spacial score (nSPS) is 11.3. The molecular formula is C19H26N4. The summed E-state index contributed by atoms with van der Waals surface area (Å²) in [6, 6.07) is 16.6. The highest BCUT2D eigenvalue weighted by Crippen LogP contribution is 2.13. The Kier molecular flexibility index (Phi) is 6.03. The van der Waals surface area contributed by atoms with Crippen molar-refractivity contribution in [3.05, 3.63) is 59.7 Å². The molecule has 0 aromatic heterocycles. The highest BCUT2D eigenvalue weighted by Gasteiger charge is 2.00. The van der Waals surface area contributed by atoms with Crippen LogP contribution in [-0.2, 0) is 0 Å². The number of hydrogen-bond acceptors (Lipinski definition) is 2. The van der Waals surface area contributed by atoms with Gasteiger partial charge in [-0.2, -0.15) is 0 Å². The molecule has 0 aliphatic carbocycles. The van der Waals surface area contributed by atoms with Gasteiger partial charge in [0.1, 0.15) is 0 Å². The van der Waals surface area contributed by atoms with Crippen LogP contribution in [0.1, 0.15) is 17.5 Å². The number of hydrogen-bond donors (Lipinski definition) is 2. The highest BCUT2D eigenvalue weighted by molar-refractivity contribution is 5.92. The molecule has 0 saturated heterocycles. The summed E-state index contributed by atoms with van der Waals surface area (Å²) in [7, 11) is 2.09. The first-order valence-corrected chi connectivity index (χ1v) is 7.96. The van der Waals surface area contributed by atoms with Crippen LogP contribution in [0.25, 0.3) is 0 Å². The molecule has 0 aliphatic heterocycles. The molecular weight excluding hydrogens is 284 g/mol. The summed E-state index contributed by atoms with van der Waals surface area (Å²) in [5.74, 6) is 0.470. The van der Waals surface area contributed by atoms with E-state index in [1.54, 1.807) is 0 Å². The Balaban J connectivity index is 1.79. The van der Waals surface area contributed by atoms with Gasteiger partial charge in [0.05, 0.1) is 0 Å². The van der Waals surface area contributed by atoms with Crippen molar-refractivity contribution >= 4 is 17.3 Å². The number of nitrogens with two attached hydrogens (primary N) is 1. The Hall–Kier alpha value is -2.49. The predicted molar refractivity (Wildman–Crippen MR) is 100 cm³/mol. The van der Waals surface area contributed by atoms with Crippen LogP contribution in [-0.4, -0.2) is 26.1 Å². The summed E-state index contributed by atoms with van der Waals surface area (Å²) in [5, 5.41) is 3.16. The standard InChI is InChI=1S/C19H26N4/c1-15-12-16(2)14-17(13-15)22-19(20)21-10-7-11-23(3)18-8-5-4-6-9-18/h4-6,8-9,12-14H,7,10-11H2,1-3H3,(H3,20,21,22). The third kappa shape index (κ3) is 5.66. The number of aliphatic imine (C=N–C) groups is 1. The lowest BCUT2D eigenvalue weighted by atomic mass is 10.1.